The van der Waals surface area contributed by atoms with E-state index in [0.717, 1.165) is 35.5 Å². The van der Waals surface area contributed by atoms with Crippen LogP contribution in [0, 0.1) is 17.1 Å². The quantitative estimate of drug-likeness (QED) is 0.207. The van der Waals surface area contributed by atoms with Crippen LogP contribution in [0.2, 0.25) is 5.02 Å². The summed E-state index contributed by atoms with van der Waals surface area (Å²) in [5, 5.41) is 20.4. The van der Waals surface area contributed by atoms with Gasteiger partial charge in [-0.15, -0.1) is 5.53 Å². The third-order valence-electron chi connectivity index (χ3n) is 7.99. The molecule has 2 aliphatic rings. The lowest BCUT2D eigenvalue weighted by Crippen LogP contribution is -2.45. The Balaban J connectivity index is 1.40. The molecule has 1 fully saturated rings. The van der Waals surface area contributed by atoms with Crippen LogP contribution in [0.4, 0.5) is 15.8 Å². The number of hydrogen-bond acceptors (Lipinski definition) is 8. The van der Waals surface area contributed by atoms with E-state index in [0.29, 0.717) is 39.8 Å². The molecule has 4 aromatic rings. The molecule has 2 aromatic heterocycles. The molecule has 212 valence electrons. The zero-order valence-corrected chi connectivity index (χ0v) is 24.4. The SMILES string of the molecule is BC(Nc1cc(Cl)c2ncc(C#N)c(NCC(C)(C)c3ccccn3)c2c1)(C1=CN(C2CC2)NN1)c1ccc(F)cc1. The first kappa shape index (κ1) is 27.8. The highest BCUT2D eigenvalue weighted by Gasteiger charge is 2.38. The number of hydrazine groups is 2. The Kier molecular flexibility index (Phi) is 7.17. The van der Waals surface area contributed by atoms with Crippen LogP contribution >= 0.6 is 11.6 Å². The number of hydrogen-bond donors (Lipinski definition) is 4. The predicted molar refractivity (Wildman–Crippen MR) is 167 cm³/mol. The Morgan fingerprint density at radius 2 is 1.95 bits per heavy atom. The zero-order chi connectivity index (χ0) is 29.5. The van der Waals surface area contributed by atoms with E-state index in [2.05, 4.69) is 62.7 Å². The number of rotatable bonds is 9. The fraction of sp³-hybridized carbons (Fsp3) is 0.258. The Morgan fingerprint density at radius 1 is 1.17 bits per heavy atom. The average Bonchev–Trinajstić information content (AvgIpc) is 3.72. The normalized spacial score (nSPS) is 16.4. The number of anilines is 2. The number of nitrogens with one attached hydrogen (secondary N) is 4. The van der Waals surface area contributed by atoms with Gasteiger partial charge >= 0.3 is 0 Å². The summed E-state index contributed by atoms with van der Waals surface area (Å²) >= 11 is 6.82. The fourth-order valence-electron chi connectivity index (χ4n) is 5.27. The molecule has 11 heteroatoms. The molecule has 1 aliphatic heterocycles. The molecule has 2 aromatic carbocycles. The van der Waals surface area contributed by atoms with Crippen molar-refractivity contribution in [2.75, 3.05) is 17.2 Å². The number of nitrogens with zero attached hydrogens (tertiary/aromatic N) is 4. The summed E-state index contributed by atoms with van der Waals surface area (Å²) in [6, 6.07) is 18.8. The third-order valence-corrected chi connectivity index (χ3v) is 8.28. The van der Waals surface area contributed by atoms with Crippen LogP contribution in [0.15, 0.2) is 78.9 Å². The summed E-state index contributed by atoms with van der Waals surface area (Å²) in [4.78, 5) is 9.05. The van der Waals surface area contributed by atoms with Crippen LogP contribution in [0.1, 0.15) is 43.5 Å². The number of benzene rings is 2. The van der Waals surface area contributed by atoms with E-state index in [1.54, 1.807) is 24.5 Å². The van der Waals surface area contributed by atoms with Crippen molar-refractivity contribution in [2.24, 2.45) is 0 Å². The Hall–Kier alpha value is -4.33. The maximum atomic E-state index is 13.9. The Morgan fingerprint density at radius 3 is 2.64 bits per heavy atom. The van der Waals surface area contributed by atoms with E-state index in [-0.39, 0.29) is 11.2 Å². The first-order chi connectivity index (χ1) is 20.2. The molecule has 1 aliphatic carbocycles. The van der Waals surface area contributed by atoms with Crippen molar-refractivity contribution in [1.82, 2.24) is 25.9 Å². The maximum Gasteiger partial charge on any atom is 0.148 e. The number of pyridine rings is 2. The van der Waals surface area contributed by atoms with E-state index in [1.165, 1.54) is 12.1 Å². The van der Waals surface area contributed by atoms with Gasteiger partial charge in [-0.3, -0.25) is 15.0 Å². The first-order valence-corrected chi connectivity index (χ1v) is 14.3. The molecule has 0 bridgehead atoms. The van der Waals surface area contributed by atoms with E-state index in [1.807, 2.05) is 38.2 Å². The van der Waals surface area contributed by atoms with Crippen molar-refractivity contribution in [3.63, 3.8) is 0 Å². The van der Waals surface area contributed by atoms with Gasteiger partial charge in [-0.1, -0.05) is 43.6 Å². The standard InChI is InChI=1S/C31H31BClFN8/c1-30(2,26-5-3-4-12-36-26)18-38-28-19(15-35)16-37-29-24(28)13-22(14-25(29)33)39-31(32,20-6-8-21(34)9-7-20)27-17-42(41-40-27)23-10-11-23/h3-9,12-14,16-17,23,39-41H,10-11,18,32H2,1-2H3,(H,37,38). The van der Waals surface area contributed by atoms with Crippen molar-refractivity contribution in [3.05, 3.63) is 107 Å². The summed E-state index contributed by atoms with van der Waals surface area (Å²) in [6.07, 6.45) is 7.63. The van der Waals surface area contributed by atoms with E-state index in [4.69, 9.17) is 11.6 Å². The molecule has 42 heavy (non-hydrogen) atoms. The second-order valence-electron chi connectivity index (χ2n) is 11.6. The van der Waals surface area contributed by atoms with Crippen LogP contribution in [-0.4, -0.2) is 35.4 Å². The molecule has 1 saturated carbocycles. The van der Waals surface area contributed by atoms with Gasteiger partial charge in [0.15, 0.2) is 0 Å². The smallest absolute Gasteiger partial charge is 0.148 e. The number of aromatic nitrogens is 2. The lowest BCUT2D eigenvalue weighted by Gasteiger charge is -2.34. The van der Waals surface area contributed by atoms with E-state index in [9.17, 15) is 9.65 Å². The van der Waals surface area contributed by atoms with Crippen LogP contribution in [-0.2, 0) is 10.9 Å². The monoisotopic (exact) mass is 580 g/mol. The zero-order valence-electron chi connectivity index (χ0n) is 23.7. The largest absolute Gasteiger partial charge is 0.382 e. The van der Waals surface area contributed by atoms with Gasteiger partial charge in [-0.05, 0) is 54.8 Å². The summed E-state index contributed by atoms with van der Waals surface area (Å²) < 4.78 is 13.9. The average molecular weight is 581 g/mol. The molecule has 0 saturated heterocycles. The molecule has 0 spiro atoms. The van der Waals surface area contributed by atoms with Crippen molar-refractivity contribution in [2.45, 2.75) is 43.6 Å². The van der Waals surface area contributed by atoms with Crippen LogP contribution in [0.25, 0.3) is 10.9 Å². The summed E-state index contributed by atoms with van der Waals surface area (Å²) in [5.41, 5.74) is 10.5. The number of fused-ring (bicyclic) bond motifs is 1. The minimum Gasteiger partial charge on any atom is -0.382 e. The van der Waals surface area contributed by atoms with Crippen LogP contribution in [0.3, 0.4) is 0 Å². The number of halogens is 2. The third kappa shape index (κ3) is 5.33. The van der Waals surface area contributed by atoms with Crippen molar-refractivity contribution in [3.8, 4) is 6.07 Å². The molecule has 1 atom stereocenters. The summed E-state index contributed by atoms with van der Waals surface area (Å²) in [6.45, 7) is 4.74. The van der Waals surface area contributed by atoms with Crippen LogP contribution < -0.4 is 21.6 Å². The van der Waals surface area contributed by atoms with Gasteiger partial charge < -0.3 is 16.1 Å². The molecule has 1 unspecified atom stereocenters. The van der Waals surface area contributed by atoms with Gasteiger partial charge in [-0.25, -0.2) is 4.39 Å². The lowest BCUT2D eigenvalue weighted by molar-refractivity contribution is 0.260. The van der Waals surface area contributed by atoms with Crippen molar-refractivity contribution < 1.29 is 4.39 Å². The highest BCUT2D eigenvalue weighted by Crippen LogP contribution is 2.38. The lowest BCUT2D eigenvalue weighted by atomic mass is 9.69. The molecular formula is C31H31BClFN8. The van der Waals surface area contributed by atoms with Gasteiger partial charge in [-0.2, -0.15) is 5.26 Å². The van der Waals surface area contributed by atoms with Crippen LogP contribution in [0.5, 0.6) is 0 Å². The minimum absolute atomic E-state index is 0.305. The molecule has 4 N–H and O–H groups in total. The Labute approximate surface area is 250 Å². The molecule has 6 rings (SSSR count). The number of nitriles is 1. The van der Waals surface area contributed by atoms with Gasteiger partial charge in [0, 0.05) is 53.4 Å². The summed E-state index contributed by atoms with van der Waals surface area (Å²) in [7, 11) is 2.04. The molecule has 8 nitrogen and oxygen atoms in total. The highest BCUT2D eigenvalue weighted by atomic mass is 35.5. The van der Waals surface area contributed by atoms with E-state index < -0.39 is 5.44 Å². The first-order valence-electron chi connectivity index (χ1n) is 13.9. The van der Waals surface area contributed by atoms with Crippen molar-refractivity contribution >= 4 is 41.7 Å². The van der Waals surface area contributed by atoms with Gasteiger partial charge in [0.2, 0.25) is 0 Å². The van der Waals surface area contributed by atoms with Gasteiger partial charge in [0.1, 0.15) is 19.7 Å². The van der Waals surface area contributed by atoms with Crippen molar-refractivity contribution in [1.29, 1.82) is 5.26 Å². The van der Waals surface area contributed by atoms with Gasteiger partial charge in [0.25, 0.3) is 0 Å². The van der Waals surface area contributed by atoms with Gasteiger partial charge in [0.05, 0.1) is 32.9 Å². The minimum atomic E-state index is -0.782. The predicted octanol–water partition coefficient (Wildman–Crippen LogP) is 4.91. The molecule has 0 radical (unpaired) electrons. The molecule has 3 heterocycles. The highest BCUT2D eigenvalue weighted by molar-refractivity contribution is 6.36. The molecular weight excluding hydrogens is 550 g/mol. The topological polar surface area (TPSA) is 101 Å². The second kappa shape index (κ2) is 10.8. The fourth-order valence-corrected chi connectivity index (χ4v) is 5.54. The second-order valence-corrected chi connectivity index (χ2v) is 12.0. The Bertz CT molecular complexity index is 1700. The summed E-state index contributed by atoms with van der Waals surface area (Å²) in [5.74, 6) is -0.305. The van der Waals surface area contributed by atoms with E-state index >= 15 is 0 Å². The molecule has 0 amide bonds. The maximum absolute atomic E-state index is 13.9.